The van der Waals surface area contributed by atoms with Crippen LogP contribution in [0.15, 0.2) is 11.6 Å². The van der Waals surface area contributed by atoms with Gasteiger partial charge in [-0.05, 0) is 117 Å². The van der Waals surface area contributed by atoms with Crippen molar-refractivity contribution >= 4 is 30.2 Å². The summed E-state index contributed by atoms with van der Waals surface area (Å²) in [6.07, 6.45) is -50.6. The molecule has 7 heterocycles. The fourth-order valence-electron chi connectivity index (χ4n) is 20.5. The average Bonchev–Trinajstić information content (AvgIpc) is 0.673. The van der Waals surface area contributed by atoms with Crippen LogP contribution in [0.3, 0.4) is 0 Å². The maximum Gasteiger partial charge on any atom is 0.335 e. The Hall–Kier alpha value is -3.83. The first-order valence-corrected chi connectivity index (χ1v) is 38.1. The van der Waals surface area contributed by atoms with E-state index in [4.69, 9.17) is 75.8 Å². The fraction of sp³-hybridized carbons (Fsp3) is 0.904. The van der Waals surface area contributed by atoms with E-state index >= 15 is 4.79 Å². The number of carboxylic acids is 1. The van der Waals surface area contributed by atoms with Crippen LogP contribution in [0.2, 0.25) is 0 Å². The molecule has 626 valence electrons. The Morgan fingerprint density at radius 2 is 1.00 bits per heavy atom. The minimum absolute atomic E-state index is 0.130. The number of carbonyl (C=O) groups excluding carboxylic acids is 4. The van der Waals surface area contributed by atoms with Crippen LogP contribution < -0.4 is 0 Å². The molecule has 5 aliphatic carbocycles. The molecule has 110 heavy (non-hydrogen) atoms. The number of aliphatic carboxylic acids is 1. The molecule has 0 amide bonds. The fourth-order valence-corrected chi connectivity index (χ4v) is 20.5. The van der Waals surface area contributed by atoms with Gasteiger partial charge in [0.2, 0.25) is 6.29 Å². The van der Waals surface area contributed by atoms with E-state index in [2.05, 4.69) is 40.7 Å². The third-order valence-electron chi connectivity index (χ3n) is 27.0. The predicted octanol–water partition coefficient (Wildman–Crippen LogP) is -4.18. The Labute approximate surface area is 634 Å². The van der Waals surface area contributed by atoms with Crippen LogP contribution in [-0.4, -0.2) is 341 Å². The van der Waals surface area contributed by atoms with Crippen molar-refractivity contribution in [3.8, 4) is 0 Å². The molecule has 0 aromatic heterocycles. The third kappa shape index (κ3) is 15.3. The minimum atomic E-state index is -2.22. The lowest BCUT2D eigenvalue weighted by molar-refractivity contribution is -0.391. The second-order valence-corrected chi connectivity index (χ2v) is 34.2. The molecule has 12 aliphatic rings. The molecular weight excluding hydrogens is 1470 g/mol. The molecule has 37 nitrogen and oxygen atoms in total. The van der Waals surface area contributed by atoms with E-state index in [9.17, 15) is 101 Å². The highest BCUT2D eigenvalue weighted by Gasteiger charge is 2.72. The predicted molar refractivity (Wildman–Crippen MR) is 360 cm³/mol. The van der Waals surface area contributed by atoms with Crippen molar-refractivity contribution in [3.05, 3.63) is 11.6 Å². The van der Waals surface area contributed by atoms with Crippen LogP contribution in [0.1, 0.15) is 133 Å². The topological polar surface area (TPSA) is 557 Å². The minimum Gasteiger partial charge on any atom is -0.479 e. The monoisotopic (exact) mass is 1580 g/mol. The quantitative estimate of drug-likeness (QED) is 0.0192. The van der Waals surface area contributed by atoms with E-state index in [0.29, 0.717) is 57.8 Å². The first-order chi connectivity index (χ1) is 51.6. The summed E-state index contributed by atoms with van der Waals surface area (Å²) < 4.78 is 96.4. The Morgan fingerprint density at radius 1 is 0.482 bits per heavy atom. The molecule has 0 radical (unpaired) electrons. The Balaban J connectivity index is 0.798. The van der Waals surface area contributed by atoms with Gasteiger partial charge in [-0.25, -0.2) is 4.79 Å². The van der Waals surface area contributed by atoms with Gasteiger partial charge >= 0.3 is 23.9 Å². The van der Waals surface area contributed by atoms with Crippen molar-refractivity contribution in [1.82, 2.24) is 0 Å². The lowest BCUT2D eigenvalue weighted by Crippen LogP contribution is -2.69. The van der Waals surface area contributed by atoms with Crippen LogP contribution >= 0.6 is 0 Å². The molecule has 7 saturated heterocycles. The van der Waals surface area contributed by atoms with Crippen LogP contribution in [0.4, 0.5) is 0 Å². The van der Waals surface area contributed by atoms with Crippen molar-refractivity contribution in [2.45, 2.75) is 336 Å². The zero-order valence-corrected chi connectivity index (χ0v) is 63.1. The van der Waals surface area contributed by atoms with Gasteiger partial charge in [-0.3, -0.25) is 14.4 Å². The molecule has 0 aromatic rings. The number of aldehydes is 1. The maximum atomic E-state index is 16.0. The number of aliphatic hydroxyl groups is 15. The summed E-state index contributed by atoms with van der Waals surface area (Å²) in [5.41, 5.74) is -3.69. The molecule has 7 aliphatic heterocycles. The van der Waals surface area contributed by atoms with E-state index in [-0.39, 0.29) is 17.8 Å². The first kappa shape index (κ1) is 85.5. The van der Waals surface area contributed by atoms with Gasteiger partial charge in [-0.15, -0.1) is 0 Å². The number of ether oxygens (including phenoxy) is 16. The molecule has 41 atom stereocenters. The van der Waals surface area contributed by atoms with E-state index in [1.165, 1.54) is 13.8 Å². The van der Waals surface area contributed by atoms with Crippen LogP contribution in [-0.2, 0) is 99.8 Å². The highest BCUT2D eigenvalue weighted by Crippen LogP contribution is 2.76. The second-order valence-electron chi connectivity index (χ2n) is 34.2. The Kier molecular flexibility index (Phi) is 25.3. The SMILES string of the molecule is CC(=O)OC1C(C)OC(OC(=O)C23CCC(C)(C)CC2C2=CCC4C5(C)CCC(OC6OC(C(=O)O)C(O)C(OC7OCC(O)C(O)C7O)C6OC6OC(CO)C(O)C(O)C6O)C(C)(C=O)C5CCC4(C)C2(C)CC3)C(OC2OC(C)C(OC3OCC(O)C(OC4OCC(O)C(O)C4O)C3O)C(O)C2O)C1OC(C)=O. The summed E-state index contributed by atoms with van der Waals surface area (Å²) in [4.78, 5) is 69.4. The molecule has 12 rings (SSSR count). The van der Waals surface area contributed by atoms with Gasteiger partial charge in [0.25, 0.3) is 0 Å². The summed E-state index contributed by atoms with van der Waals surface area (Å²) in [5, 5.41) is 174. The lowest BCUT2D eigenvalue weighted by atomic mass is 9.33. The van der Waals surface area contributed by atoms with Crippen LogP contribution in [0.25, 0.3) is 0 Å². The number of esters is 3. The molecule has 16 N–H and O–H groups in total. The lowest BCUT2D eigenvalue weighted by Gasteiger charge is -2.71. The van der Waals surface area contributed by atoms with Crippen LogP contribution in [0, 0.1) is 50.2 Å². The second kappa shape index (κ2) is 32.6. The van der Waals surface area contributed by atoms with Gasteiger partial charge in [0.15, 0.2) is 62.2 Å². The van der Waals surface area contributed by atoms with Gasteiger partial charge in [-0.1, -0.05) is 53.2 Å². The maximum absolute atomic E-state index is 16.0. The Morgan fingerprint density at radius 3 is 1.60 bits per heavy atom. The summed E-state index contributed by atoms with van der Waals surface area (Å²) in [7, 11) is 0. The number of allylic oxidation sites excluding steroid dienone is 2. The molecule has 0 bridgehead atoms. The number of hydrogen-bond donors (Lipinski definition) is 16. The van der Waals surface area contributed by atoms with E-state index in [1.807, 2.05) is 0 Å². The largest absolute Gasteiger partial charge is 0.479 e. The number of fused-ring (bicyclic) bond motifs is 7. The average molecular weight is 1580 g/mol. The van der Waals surface area contributed by atoms with Crippen molar-refractivity contribution in [1.29, 1.82) is 0 Å². The zero-order chi connectivity index (χ0) is 80.3. The standard InChI is InChI=1S/C73H112O37/c1-27-51(104-62-50(91)53(35(80)25-97-62)105-60-45(86)40(81)33(78)23-95-60)44(85)48(89)63(98-27)109-58-56(101-30(4)77)52(100-29(3)76)28(2)99-65(58)110-67(94)73-19-17-68(5,6)21-32(73)31-11-12-38-69(7)15-14-39(70(8,26-75)37(69)13-16-72(38,10)71(31,9)18-20-73)103-66-57(108-64-47(88)43(84)42(83)36(22-74)102-64)54(49(90)55(107-66)59(92)93)106-61-46(87)41(82)34(79)24-96-61/h11,26-28,32-58,60-66,74,78-91H,12-25H2,1-10H3,(H,92,93). The number of carboxylic acid groups (broad SMARTS) is 1. The number of carbonyl (C=O) groups is 5. The van der Waals surface area contributed by atoms with E-state index in [0.717, 1.165) is 25.7 Å². The smallest absolute Gasteiger partial charge is 0.335 e. The van der Waals surface area contributed by atoms with Gasteiger partial charge in [0, 0.05) is 13.8 Å². The number of hydrogen-bond acceptors (Lipinski definition) is 36. The van der Waals surface area contributed by atoms with E-state index < -0.39 is 292 Å². The van der Waals surface area contributed by atoms with E-state index in [1.54, 1.807) is 6.92 Å². The van der Waals surface area contributed by atoms with Crippen molar-refractivity contribution in [2.75, 3.05) is 26.4 Å². The third-order valence-corrected chi connectivity index (χ3v) is 27.0. The van der Waals surface area contributed by atoms with Crippen LogP contribution in [0.5, 0.6) is 0 Å². The molecule has 11 fully saturated rings. The van der Waals surface area contributed by atoms with Crippen molar-refractivity contribution in [3.63, 3.8) is 0 Å². The van der Waals surface area contributed by atoms with Gasteiger partial charge in [0.05, 0.1) is 55.6 Å². The van der Waals surface area contributed by atoms with Gasteiger partial charge in [0.1, 0.15) is 122 Å². The van der Waals surface area contributed by atoms with Crippen molar-refractivity contribution < 1.29 is 181 Å². The summed E-state index contributed by atoms with van der Waals surface area (Å²) in [6.45, 7) is 15.3. The first-order valence-electron chi connectivity index (χ1n) is 38.1. The van der Waals surface area contributed by atoms with Gasteiger partial charge < -0.3 is 162 Å². The molecule has 0 spiro atoms. The molecule has 37 heteroatoms. The molecule has 4 saturated carbocycles. The molecule has 41 unspecified atom stereocenters. The normalized spacial score (nSPS) is 52.3. The molecular formula is C73H112O37. The Bertz CT molecular complexity index is 3290. The summed E-state index contributed by atoms with van der Waals surface area (Å²) >= 11 is 0. The van der Waals surface area contributed by atoms with Gasteiger partial charge in [-0.2, -0.15) is 0 Å². The summed E-state index contributed by atoms with van der Waals surface area (Å²) in [6, 6.07) is 0. The van der Waals surface area contributed by atoms with Crippen molar-refractivity contribution in [2.24, 2.45) is 50.2 Å². The number of aliphatic hydroxyl groups excluding tert-OH is 15. The summed E-state index contributed by atoms with van der Waals surface area (Å²) in [5.74, 6) is -5.16. The highest BCUT2D eigenvalue weighted by atomic mass is 16.8. The highest BCUT2D eigenvalue weighted by molar-refractivity contribution is 5.79. The molecule has 0 aromatic carbocycles. The zero-order valence-electron chi connectivity index (χ0n) is 63.1. The number of rotatable bonds is 19.